The molecular formula is C9H13F3N4O. The van der Waals surface area contributed by atoms with Crippen LogP contribution >= 0.6 is 0 Å². The molecule has 0 fully saturated rings. The Bertz CT molecular complexity index is 341. The molecule has 1 heterocycles. The van der Waals surface area contributed by atoms with Gasteiger partial charge in [-0.05, 0) is 12.5 Å². The minimum Gasteiger partial charge on any atom is -0.480 e. The number of aromatic nitrogens is 2. The Hall–Kier alpha value is -1.41. The Balaban J connectivity index is 2.66. The molecule has 0 aliphatic heterocycles. The summed E-state index contributed by atoms with van der Waals surface area (Å²) >= 11 is 0. The summed E-state index contributed by atoms with van der Waals surface area (Å²) in [7, 11) is 1.42. The molecule has 0 bridgehead atoms. The number of nitrogens with one attached hydrogen (secondary N) is 1. The van der Waals surface area contributed by atoms with Crippen molar-refractivity contribution < 1.29 is 17.9 Å². The quantitative estimate of drug-likeness (QED) is 0.609. The van der Waals surface area contributed by atoms with Gasteiger partial charge in [0.05, 0.1) is 18.8 Å². The molecular weight excluding hydrogens is 237 g/mol. The lowest BCUT2D eigenvalue weighted by Crippen LogP contribution is -2.30. The molecule has 0 saturated carbocycles. The van der Waals surface area contributed by atoms with Gasteiger partial charge in [0.2, 0.25) is 5.88 Å². The number of halogens is 3. The zero-order valence-electron chi connectivity index (χ0n) is 9.16. The predicted molar refractivity (Wildman–Crippen MR) is 53.9 cm³/mol. The molecule has 1 atom stereocenters. The number of ether oxygens (including phenoxy) is 1. The Labute approximate surface area is 96.1 Å². The van der Waals surface area contributed by atoms with E-state index in [4.69, 9.17) is 10.6 Å². The first-order valence-corrected chi connectivity index (χ1v) is 4.87. The third-order valence-corrected chi connectivity index (χ3v) is 2.14. The van der Waals surface area contributed by atoms with Gasteiger partial charge in [-0.3, -0.25) is 11.3 Å². The number of hydrazine groups is 1. The van der Waals surface area contributed by atoms with Crippen LogP contribution in [0.15, 0.2) is 12.1 Å². The molecule has 8 heteroatoms. The van der Waals surface area contributed by atoms with Crippen molar-refractivity contribution in [1.82, 2.24) is 15.6 Å². The van der Waals surface area contributed by atoms with E-state index in [2.05, 4.69) is 15.6 Å². The van der Waals surface area contributed by atoms with E-state index < -0.39 is 18.6 Å². The van der Waals surface area contributed by atoms with Crippen LogP contribution in [0.2, 0.25) is 0 Å². The van der Waals surface area contributed by atoms with Crippen molar-refractivity contribution in [3.63, 3.8) is 0 Å². The second-order valence-electron chi connectivity index (χ2n) is 3.37. The van der Waals surface area contributed by atoms with Gasteiger partial charge in [-0.1, -0.05) is 0 Å². The second kappa shape index (κ2) is 5.78. The van der Waals surface area contributed by atoms with Crippen molar-refractivity contribution in [1.29, 1.82) is 0 Å². The summed E-state index contributed by atoms with van der Waals surface area (Å²) in [5.41, 5.74) is 2.63. The molecule has 1 aromatic heterocycles. The molecule has 0 saturated heterocycles. The van der Waals surface area contributed by atoms with Crippen molar-refractivity contribution >= 4 is 0 Å². The highest BCUT2D eigenvalue weighted by atomic mass is 19.4. The van der Waals surface area contributed by atoms with Gasteiger partial charge in [-0.15, -0.1) is 5.10 Å². The van der Waals surface area contributed by atoms with Crippen LogP contribution in [-0.2, 0) is 0 Å². The maximum absolute atomic E-state index is 12.1. The standard InChI is InChI=1S/C9H13F3N4O/c1-17-8-3-2-7(15-16-8)6(14-13)4-5-9(10,11)12/h2-3,6,14H,4-5,13H2,1H3. The number of alkyl halides is 3. The molecule has 1 aromatic rings. The van der Waals surface area contributed by atoms with Gasteiger partial charge in [-0.2, -0.15) is 18.3 Å². The van der Waals surface area contributed by atoms with Gasteiger partial charge in [0.1, 0.15) is 0 Å². The average Bonchev–Trinajstić information content (AvgIpc) is 2.29. The summed E-state index contributed by atoms with van der Waals surface area (Å²) in [5, 5.41) is 7.40. The minimum absolute atomic E-state index is 0.193. The molecule has 96 valence electrons. The van der Waals surface area contributed by atoms with E-state index in [0.717, 1.165) is 0 Å². The van der Waals surface area contributed by atoms with Gasteiger partial charge in [-0.25, -0.2) is 0 Å². The monoisotopic (exact) mass is 250 g/mol. The van der Waals surface area contributed by atoms with E-state index in [0.29, 0.717) is 11.6 Å². The maximum Gasteiger partial charge on any atom is 0.389 e. The van der Waals surface area contributed by atoms with Crippen molar-refractivity contribution in [2.75, 3.05) is 7.11 Å². The third-order valence-electron chi connectivity index (χ3n) is 2.14. The van der Waals surface area contributed by atoms with Crippen LogP contribution in [0.3, 0.4) is 0 Å². The Morgan fingerprint density at radius 3 is 2.53 bits per heavy atom. The Morgan fingerprint density at radius 1 is 1.41 bits per heavy atom. The number of hydrogen-bond acceptors (Lipinski definition) is 5. The molecule has 0 aromatic carbocycles. The van der Waals surface area contributed by atoms with E-state index in [-0.39, 0.29) is 6.42 Å². The number of rotatable bonds is 5. The highest BCUT2D eigenvalue weighted by Gasteiger charge is 2.28. The molecule has 0 radical (unpaired) electrons. The van der Waals surface area contributed by atoms with E-state index in [1.165, 1.54) is 19.2 Å². The number of nitrogens with two attached hydrogens (primary N) is 1. The van der Waals surface area contributed by atoms with Crippen LogP contribution in [0.5, 0.6) is 5.88 Å². The molecule has 1 unspecified atom stereocenters. The van der Waals surface area contributed by atoms with Crippen molar-refractivity contribution in [2.24, 2.45) is 5.84 Å². The zero-order chi connectivity index (χ0) is 12.9. The number of hydrogen-bond donors (Lipinski definition) is 2. The minimum atomic E-state index is -4.21. The van der Waals surface area contributed by atoms with Crippen LogP contribution < -0.4 is 16.0 Å². The van der Waals surface area contributed by atoms with Gasteiger partial charge in [0.15, 0.2) is 0 Å². The van der Waals surface area contributed by atoms with Gasteiger partial charge < -0.3 is 4.74 Å². The second-order valence-corrected chi connectivity index (χ2v) is 3.37. The van der Waals surface area contributed by atoms with Crippen LogP contribution in [0, 0.1) is 0 Å². The fourth-order valence-electron chi connectivity index (χ4n) is 1.25. The lowest BCUT2D eigenvalue weighted by atomic mass is 10.1. The third kappa shape index (κ3) is 4.53. The van der Waals surface area contributed by atoms with Crippen LogP contribution in [0.1, 0.15) is 24.6 Å². The van der Waals surface area contributed by atoms with Crippen molar-refractivity contribution in [2.45, 2.75) is 25.1 Å². The van der Waals surface area contributed by atoms with E-state index in [1.54, 1.807) is 0 Å². The molecule has 5 nitrogen and oxygen atoms in total. The van der Waals surface area contributed by atoms with Crippen LogP contribution in [-0.4, -0.2) is 23.5 Å². The normalized spacial score (nSPS) is 13.5. The fraction of sp³-hybridized carbons (Fsp3) is 0.556. The first-order chi connectivity index (χ1) is 7.96. The summed E-state index contributed by atoms with van der Waals surface area (Å²) < 4.78 is 41.0. The number of methoxy groups -OCH3 is 1. The number of nitrogens with zero attached hydrogens (tertiary/aromatic N) is 2. The Morgan fingerprint density at radius 2 is 2.12 bits per heavy atom. The molecule has 0 amide bonds. The predicted octanol–water partition coefficient (Wildman–Crippen LogP) is 1.33. The van der Waals surface area contributed by atoms with Gasteiger partial charge in [0.25, 0.3) is 0 Å². The highest BCUT2D eigenvalue weighted by molar-refractivity contribution is 5.13. The summed E-state index contributed by atoms with van der Waals surface area (Å²) in [6.45, 7) is 0. The topological polar surface area (TPSA) is 73.1 Å². The molecule has 0 aliphatic rings. The summed E-state index contributed by atoms with van der Waals surface area (Å²) in [5.74, 6) is 5.48. The van der Waals surface area contributed by atoms with Gasteiger partial charge >= 0.3 is 6.18 Å². The summed E-state index contributed by atoms with van der Waals surface area (Å²) in [6, 6.07) is 2.35. The lowest BCUT2D eigenvalue weighted by Gasteiger charge is -2.15. The molecule has 3 N–H and O–H groups in total. The van der Waals surface area contributed by atoms with Crippen molar-refractivity contribution in [3.05, 3.63) is 17.8 Å². The Kier molecular flexibility index (Phi) is 4.64. The molecule has 0 aliphatic carbocycles. The van der Waals surface area contributed by atoms with Gasteiger partial charge in [0, 0.05) is 12.5 Å². The SMILES string of the molecule is COc1ccc(C(CCC(F)(F)F)NN)nn1. The smallest absolute Gasteiger partial charge is 0.389 e. The molecule has 1 rings (SSSR count). The highest BCUT2D eigenvalue weighted by Crippen LogP contribution is 2.26. The first kappa shape index (κ1) is 13.7. The van der Waals surface area contributed by atoms with Crippen LogP contribution in [0.25, 0.3) is 0 Å². The van der Waals surface area contributed by atoms with Crippen LogP contribution in [0.4, 0.5) is 13.2 Å². The largest absolute Gasteiger partial charge is 0.480 e. The summed E-state index contributed by atoms with van der Waals surface area (Å²) in [4.78, 5) is 0. The molecule has 17 heavy (non-hydrogen) atoms. The lowest BCUT2D eigenvalue weighted by molar-refractivity contribution is -0.136. The first-order valence-electron chi connectivity index (χ1n) is 4.87. The van der Waals surface area contributed by atoms with Crippen molar-refractivity contribution in [3.8, 4) is 5.88 Å². The summed E-state index contributed by atoms with van der Waals surface area (Å²) in [6.07, 6.45) is -5.34. The van der Waals surface area contributed by atoms with E-state index >= 15 is 0 Å². The van der Waals surface area contributed by atoms with E-state index in [1.807, 2.05) is 0 Å². The average molecular weight is 250 g/mol. The zero-order valence-corrected chi connectivity index (χ0v) is 9.16. The fourth-order valence-corrected chi connectivity index (χ4v) is 1.25. The molecule has 0 spiro atoms. The van der Waals surface area contributed by atoms with E-state index in [9.17, 15) is 13.2 Å². The maximum atomic E-state index is 12.1.